The summed E-state index contributed by atoms with van der Waals surface area (Å²) in [7, 11) is -4.31. The molecule has 0 saturated carbocycles. The molecule has 1 aromatic heterocycles. The summed E-state index contributed by atoms with van der Waals surface area (Å²) in [4.78, 5) is 15.1. The quantitative estimate of drug-likeness (QED) is 0.571. The van der Waals surface area contributed by atoms with Crippen molar-refractivity contribution in [3.8, 4) is 0 Å². The molecular formula is C19H16F2N4O3S. The zero-order valence-electron chi connectivity index (χ0n) is 14.9. The van der Waals surface area contributed by atoms with Gasteiger partial charge in [0.1, 0.15) is 16.5 Å². The lowest BCUT2D eigenvalue weighted by molar-refractivity contribution is 0.251. The number of sulfonamides is 1. The van der Waals surface area contributed by atoms with Crippen molar-refractivity contribution in [2.24, 2.45) is 0 Å². The predicted molar refractivity (Wildman–Crippen MR) is 104 cm³/mol. The van der Waals surface area contributed by atoms with E-state index in [0.29, 0.717) is 11.8 Å². The number of carbonyl (C=O) groups is 1. The topological polar surface area (TPSA) is 100 Å². The molecule has 0 aliphatic heterocycles. The van der Waals surface area contributed by atoms with Crippen molar-refractivity contribution in [2.45, 2.75) is 11.4 Å². The van der Waals surface area contributed by atoms with Crippen LogP contribution in [-0.2, 0) is 16.6 Å². The second kappa shape index (κ2) is 8.65. The predicted octanol–water partition coefficient (Wildman–Crippen LogP) is 3.48. The molecule has 0 radical (unpaired) electrons. The van der Waals surface area contributed by atoms with Crippen molar-refractivity contribution in [3.63, 3.8) is 0 Å². The third-order valence-electron chi connectivity index (χ3n) is 3.75. The van der Waals surface area contributed by atoms with Crippen LogP contribution in [0.2, 0.25) is 0 Å². The largest absolute Gasteiger partial charge is 0.334 e. The molecule has 150 valence electrons. The highest BCUT2D eigenvalue weighted by Gasteiger charge is 2.20. The minimum absolute atomic E-state index is 0.120. The fraction of sp³-hybridized carbons (Fsp3) is 0.0526. The van der Waals surface area contributed by atoms with Gasteiger partial charge in [-0.25, -0.2) is 22.0 Å². The summed E-state index contributed by atoms with van der Waals surface area (Å²) < 4.78 is 53.6. The van der Waals surface area contributed by atoms with Crippen molar-refractivity contribution in [2.75, 3.05) is 10.0 Å². The van der Waals surface area contributed by atoms with Gasteiger partial charge in [0.2, 0.25) is 0 Å². The Morgan fingerprint density at radius 1 is 1.00 bits per heavy atom. The van der Waals surface area contributed by atoms with Gasteiger partial charge in [-0.05, 0) is 54.1 Å². The fourth-order valence-electron chi connectivity index (χ4n) is 2.38. The molecule has 0 unspecified atom stereocenters. The number of halogens is 2. The van der Waals surface area contributed by atoms with E-state index >= 15 is 0 Å². The van der Waals surface area contributed by atoms with E-state index in [1.165, 1.54) is 24.3 Å². The number of pyridine rings is 1. The van der Waals surface area contributed by atoms with Crippen molar-refractivity contribution in [3.05, 3.63) is 84.2 Å². The van der Waals surface area contributed by atoms with Crippen LogP contribution < -0.4 is 15.4 Å². The Balaban J connectivity index is 1.61. The highest BCUT2D eigenvalue weighted by Crippen LogP contribution is 2.21. The molecule has 0 atom stereocenters. The number of nitrogens with zero attached hydrogens (tertiary/aromatic N) is 1. The van der Waals surface area contributed by atoms with Crippen LogP contribution in [0.15, 0.2) is 71.9 Å². The van der Waals surface area contributed by atoms with E-state index in [1.54, 1.807) is 18.5 Å². The van der Waals surface area contributed by atoms with Crippen molar-refractivity contribution < 1.29 is 22.0 Å². The molecule has 0 spiro atoms. The van der Waals surface area contributed by atoms with Gasteiger partial charge in [0, 0.05) is 30.3 Å². The second-order valence-corrected chi connectivity index (χ2v) is 7.58. The van der Waals surface area contributed by atoms with Crippen LogP contribution in [0.5, 0.6) is 0 Å². The van der Waals surface area contributed by atoms with E-state index in [1.807, 2.05) is 6.07 Å². The maximum Gasteiger partial charge on any atom is 0.319 e. The van der Waals surface area contributed by atoms with Gasteiger partial charge in [-0.2, -0.15) is 0 Å². The third-order valence-corrected chi connectivity index (χ3v) is 5.15. The molecule has 7 nitrogen and oxygen atoms in total. The first-order valence-electron chi connectivity index (χ1n) is 8.35. The lowest BCUT2D eigenvalue weighted by Crippen LogP contribution is -2.28. The smallest absolute Gasteiger partial charge is 0.319 e. The fourth-order valence-corrected chi connectivity index (χ4v) is 3.52. The van der Waals surface area contributed by atoms with Gasteiger partial charge in [-0.1, -0.05) is 6.07 Å². The number of hydrogen-bond donors (Lipinski definition) is 3. The number of benzene rings is 2. The van der Waals surface area contributed by atoms with Crippen molar-refractivity contribution >= 4 is 27.4 Å². The molecule has 0 bridgehead atoms. The number of urea groups is 1. The molecule has 1 heterocycles. The van der Waals surface area contributed by atoms with Gasteiger partial charge >= 0.3 is 6.03 Å². The van der Waals surface area contributed by atoms with Gasteiger partial charge in [0.05, 0.1) is 0 Å². The average Bonchev–Trinajstić information content (AvgIpc) is 2.70. The Morgan fingerprint density at radius 3 is 2.41 bits per heavy atom. The Labute approximate surface area is 165 Å². The number of carbonyl (C=O) groups excluding carboxylic acids is 1. The lowest BCUT2D eigenvalue weighted by Gasteiger charge is -2.11. The van der Waals surface area contributed by atoms with E-state index in [-0.39, 0.29) is 12.2 Å². The summed E-state index contributed by atoms with van der Waals surface area (Å²) in [6.07, 6.45) is 3.25. The Kier molecular flexibility index (Phi) is 6.03. The standard InChI is InChI=1S/C19H16F2N4O3S/c20-14-3-8-17(21)18(10-14)29(27,28)25-16-6-4-15(5-7-16)24-19(26)23-12-13-2-1-9-22-11-13/h1-11,25H,12H2,(H2,23,24,26). The van der Waals surface area contributed by atoms with Gasteiger partial charge < -0.3 is 10.6 Å². The highest BCUT2D eigenvalue weighted by molar-refractivity contribution is 7.92. The number of aromatic nitrogens is 1. The van der Waals surface area contributed by atoms with E-state index in [0.717, 1.165) is 17.7 Å². The van der Waals surface area contributed by atoms with Crippen LogP contribution >= 0.6 is 0 Å². The molecule has 29 heavy (non-hydrogen) atoms. The molecule has 0 saturated heterocycles. The number of nitrogens with one attached hydrogen (secondary N) is 3. The Bertz CT molecular complexity index is 1110. The van der Waals surface area contributed by atoms with Crippen LogP contribution in [0.25, 0.3) is 0 Å². The molecule has 3 rings (SSSR count). The zero-order chi connectivity index (χ0) is 20.9. The number of rotatable bonds is 6. The number of anilines is 2. The van der Waals surface area contributed by atoms with Gasteiger partial charge in [-0.15, -0.1) is 0 Å². The summed E-state index contributed by atoms with van der Waals surface area (Å²) in [5.41, 5.74) is 1.36. The minimum Gasteiger partial charge on any atom is -0.334 e. The average molecular weight is 418 g/mol. The first-order valence-corrected chi connectivity index (χ1v) is 9.83. The minimum atomic E-state index is -4.31. The monoisotopic (exact) mass is 418 g/mol. The summed E-state index contributed by atoms with van der Waals surface area (Å²) in [5, 5.41) is 5.25. The molecule has 0 aliphatic carbocycles. The molecule has 0 fully saturated rings. The van der Waals surface area contributed by atoms with E-state index in [9.17, 15) is 22.0 Å². The normalized spacial score (nSPS) is 11.0. The molecule has 10 heteroatoms. The van der Waals surface area contributed by atoms with Crippen molar-refractivity contribution in [1.82, 2.24) is 10.3 Å². The zero-order valence-corrected chi connectivity index (χ0v) is 15.7. The van der Waals surface area contributed by atoms with Crippen LogP contribution in [0, 0.1) is 11.6 Å². The first-order chi connectivity index (χ1) is 13.8. The molecule has 0 aliphatic rings. The van der Waals surface area contributed by atoms with Crippen molar-refractivity contribution in [1.29, 1.82) is 0 Å². The maximum absolute atomic E-state index is 13.7. The van der Waals surface area contributed by atoms with E-state index in [4.69, 9.17) is 0 Å². The van der Waals surface area contributed by atoms with Crippen LogP contribution in [0.4, 0.5) is 25.0 Å². The lowest BCUT2D eigenvalue weighted by atomic mass is 10.3. The molecule has 3 aromatic rings. The van der Waals surface area contributed by atoms with Gasteiger partial charge in [0.25, 0.3) is 10.0 Å². The first kappa shape index (κ1) is 20.2. The van der Waals surface area contributed by atoms with E-state index < -0.39 is 32.6 Å². The Morgan fingerprint density at radius 2 is 1.72 bits per heavy atom. The van der Waals surface area contributed by atoms with Gasteiger partial charge in [0.15, 0.2) is 0 Å². The van der Waals surface area contributed by atoms with Gasteiger partial charge in [-0.3, -0.25) is 9.71 Å². The number of amides is 2. The Hall–Kier alpha value is -3.53. The SMILES string of the molecule is O=C(NCc1cccnc1)Nc1ccc(NS(=O)(=O)c2cc(F)ccc2F)cc1. The summed E-state index contributed by atoms with van der Waals surface area (Å²) in [5.74, 6) is -1.94. The summed E-state index contributed by atoms with van der Waals surface area (Å²) >= 11 is 0. The summed E-state index contributed by atoms with van der Waals surface area (Å²) in [6.45, 7) is 0.288. The van der Waals surface area contributed by atoms with Crippen LogP contribution in [-0.4, -0.2) is 19.4 Å². The maximum atomic E-state index is 13.7. The highest BCUT2D eigenvalue weighted by atomic mass is 32.2. The number of hydrogen-bond acceptors (Lipinski definition) is 4. The molecule has 2 amide bonds. The van der Waals surface area contributed by atoms with Crippen LogP contribution in [0.1, 0.15) is 5.56 Å². The third kappa shape index (κ3) is 5.48. The van der Waals surface area contributed by atoms with Crippen LogP contribution in [0.3, 0.4) is 0 Å². The molecular weight excluding hydrogens is 402 g/mol. The summed E-state index contributed by atoms with van der Waals surface area (Å²) in [6, 6.07) is 11.0. The van der Waals surface area contributed by atoms with E-state index in [2.05, 4.69) is 20.3 Å². The second-order valence-electron chi connectivity index (χ2n) is 5.93. The molecule has 3 N–H and O–H groups in total. The molecule has 2 aromatic carbocycles.